The molecule has 0 nitrogen and oxygen atoms in total. The van der Waals surface area contributed by atoms with Crippen LogP contribution in [0.2, 0.25) is 0 Å². The molecule has 0 aromatic heterocycles. The Morgan fingerprint density at radius 1 is 1.40 bits per heavy atom. The molecule has 0 radical (unpaired) electrons. The molecule has 0 spiro atoms. The van der Waals surface area contributed by atoms with E-state index in [0.29, 0.717) is 0 Å². The van der Waals surface area contributed by atoms with Crippen molar-refractivity contribution in [3.8, 4) is 0 Å². The molecule has 0 atom stereocenters. The Balaban J connectivity index is 4.25. The van der Waals surface area contributed by atoms with Crippen LogP contribution in [0, 0.1) is 0 Å². The molecular weight excluding hydrogens is 120 g/mol. The van der Waals surface area contributed by atoms with Crippen LogP contribution in [0.1, 0.15) is 13.8 Å². The Hall–Kier alpha value is -1.04. The average Bonchev–Trinajstić information content (AvgIpc) is 1.89. The van der Waals surface area contributed by atoms with Crippen LogP contribution in [0.4, 0.5) is 0 Å². The lowest BCUT2D eigenvalue weighted by Gasteiger charge is -1.96. The monoisotopic (exact) mass is 134 g/mol. The summed E-state index contributed by atoms with van der Waals surface area (Å²) in [4.78, 5) is 0. The van der Waals surface area contributed by atoms with Gasteiger partial charge in [0.05, 0.1) is 0 Å². The summed E-state index contributed by atoms with van der Waals surface area (Å²) in [5.74, 6) is 0. The Kier molecular flexibility index (Phi) is 4.30. The maximum Gasteiger partial charge on any atom is -0.0276 e. The predicted octanol–water partition coefficient (Wildman–Crippen LogP) is 3.25. The van der Waals surface area contributed by atoms with E-state index < -0.39 is 0 Å². The van der Waals surface area contributed by atoms with Crippen LogP contribution in [0.25, 0.3) is 0 Å². The van der Waals surface area contributed by atoms with Gasteiger partial charge in [0, 0.05) is 0 Å². The average molecular weight is 134 g/mol. The Morgan fingerprint density at radius 2 is 2.00 bits per heavy atom. The molecule has 54 valence electrons. The normalized spacial score (nSPS) is 12.0. The molecule has 0 amide bonds. The van der Waals surface area contributed by atoms with Crippen LogP contribution in [0.3, 0.4) is 0 Å². The topological polar surface area (TPSA) is 0 Å². The van der Waals surface area contributed by atoms with E-state index in [1.54, 1.807) is 6.08 Å². The standard InChI is InChI=1S/C10H14/c1-5-7-8-10(6-2)9(3)4/h5-8H,1,3H2,2,4H3/b8-7-,10-6-. The van der Waals surface area contributed by atoms with Crippen molar-refractivity contribution < 1.29 is 0 Å². The van der Waals surface area contributed by atoms with Crippen molar-refractivity contribution in [3.05, 3.63) is 48.6 Å². The van der Waals surface area contributed by atoms with E-state index in [0.717, 1.165) is 5.57 Å². The Labute approximate surface area is 63.3 Å². The van der Waals surface area contributed by atoms with E-state index in [1.807, 2.05) is 32.1 Å². The maximum absolute atomic E-state index is 3.83. The molecular formula is C10H14. The van der Waals surface area contributed by atoms with Crippen LogP contribution in [-0.2, 0) is 0 Å². The van der Waals surface area contributed by atoms with E-state index in [1.165, 1.54) is 5.57 Å². The minimum absolute atomic E-state index is 1.08. The molecule has 0 aliphatic heterocycles. The summed E-state index contributed by atoms with van der Waals surface area (Å²) < 4.78 is 0. The summed E-state index contributed by atoms with van der Waals surface area (Å²) in [5, 5.41) is 0. The van der Waals surface area contributed by atoms with Crippen molar-refractivity contribution in [3.63, 3.8) is 0 Å². The van der Waals surface area contributed by atoms with Crippen LogP contribution in [-0.4, -0.2) is 0 Å². The fraction of sp³-hybridized carbons (Fsp3) is 0.200. The van der Waals surface area contributed by atoms with Crippen molar-refractivity contribution in [1.82, 2.24) is 0 Å². The second kappa shape index (κ2) is 4.80. The third-order valence-electron chi connectivity index (χ3n) is 1.22. The first-order valence-electron chi connectivity index (χ1n) is 3.33. The van der Waals surface area contributed by atoms with Gasteiger partial charge in [0.15, 0.2) is 0 Å². The molecule has 0 heterocycles. The number of hydrogen-bond acceptors (Lipinski definition) is 0. The van der Waals surface area contributed by atoms with Crippen LogP contribution in [0.5, 0.6) is 0 Å². The molecule has 0 saturated carbocycles. The van der Waals surface area contributed by atoms with E-state index in [-0.39, 0.29) is 0 Å². The maximum atomic E-state index is 3.83. The molecule has 0 aliphatic rings. The van der Waals surface area contributed by atoms with Gasteiger partial charge in [0.2, 0.25) is 0 Å². The first kappa shape index (κ1) is 8.96. The smallest absolute Gasteiger partial charge is 0.0276 e. The van der Waals surface area contributed by atoms with Gasteiger partial charge >= 0.3 is 0 Å². The fourth-order valence-corrected chi connectivity index (χ4v) is 0.657. The van der Waals surface area contributed by atoms with Gasteiger partial charge in [-0.05, 0) is 19.4 Å². The molecule has 0 bridgehead atoms. The molecule has 0 aromatic rings. The first-order chi connectivity index (χ1) is 4.72. The Bertz CT molecular complexity index is 180. The molecule has 0 aromatic carbocycles. The van der Waals surface area contributed by atoms with E-state index in [4.69, 9.17) is 0 Å². The van der Waals surface area contributed by atoms with Gasteiger partial charge < -0.3 is 0 Å². The van der Waals surface area contributed by atoms with Crippen molar-refractivity contribution in [2.75, 3.05) is 0 Å². The van der Waals surface area contributed by atoms with E-state index >= 15 is 0 Å². The largest absolute Gasteiger partial charge is 0.0991 e. The minimum atomic E-state index is 1.08. The van der Waals surface area contributed by atoms with Crippen molar-refractivity contribution in [1.29, 1.82) is 0 Å². The summed E-state index contributed by atoms with van der Waals surface area (Å²) in [6.45, 7) is 11.4. The number of rotatable bonds is 3. The van der Waals surface area contributed by atoms with Crippen LogP contribution >= 0.6 is 0 Å². The molecule has 10 heavy (non-hydrogen) atoms. The van der Waals surface area contributed by atoms with Crippen molar-refractivity contribution >= 4 is 0 Å². The molecule has 0 aliphatic carbocycles. The summed E-state index contributed by atoms with van der Waals surface area (Å²) in [6.07, 6.45) is 7.69. The molecule has 0 unspecified atom stereocenters. The second-order valence-electron chi connectivity index (χ2n) is 2.12. The van der Waals surface area contributed by atoms with Gasteiger partial charge in [-0.25, -0.2) is 0 Å². The van der Waals surface area contributed by atoms with Gasteiger partial charge in [-0.1, -0.05) is 43.0 Å². The SMILES string of the molecule is C=C/C=C\C(=C\C)C(=C)C. The lowest BCUT2D eigenvalue weighted by molar-refractivity contribution is 1.43. The summed E-state index contributed by atoms with van der Waals surface area (Å²) in [6, 6.07) is 0. The highest BCUT2D eigenvalue weighted by Crippen LogP contribution is 2.07. The van der Waals surface area contributed by atoms with Gasteiger partial charge in [0.1, 0.15) is 0 Å². The highest BCUT2D eigenvalue weighted by atomic mass is 13.9. The van der Waals surface area contributed by atoms with E-state index in [2.05, 4.69) is 13.2 Å². The lowest BCUT2D eigenvalue weighted by atomic mass is 10.1. The quantitative estimate of drug-likeness (QED) is 0.520. The minimum Gasteiger partial charge on any atom is -0.0991 e. The fourth-order valence-electron chi connectivity index (χ4n) is 0.657. The van der Waals surface area contributed by atoms with Gasteiger partial charge in [-0.15, -0.1) is 0 Å². The lowest BCUT2D eigenvalue weighted by Crippen LogP contribution is -1.75. The van der Waals surface area contributed by atoms with Crippen LogP contribution in [0.15, 0.2) is 48.6 Å². The van der Waals surface area contributed by atoms with E-state index in [9.17, 15) is 0 Å². The highest BCUT2D eigenvalue weighted by Gasteiger charge is 1.86. The number of allylic oxidation sites excluding steroid dienone is 6. The van der Waals surface area contributed by atoms with Gasteiger partial charge in [0.25, 0.3) is 0 Å². The Morgan fingerprint density at radius 3 is 2.30 bits per heavy atom. The van der Waals surface area contributed by atoms with Crippen molar-refractivity contribution in [2.45, 2.75) is 13.8 Å². The summed E-state index contributed by atoms with van der Waals surface area (Å²) in [7, 11) is 0. The third kappa shape index (κ3) is 3.08. The summed E-state index contributed by atoms with van der Waals surface area (Å²) >= 11 is 0. The van der Waals surface area contributed by atoms with Gasteiger partial charge in [-0.2, -0.15) is 0 Å². The second-order valence-corrected chi connectivity index (χ2v) is 2.12. The first-order valence-corrected chi connectivity index (χ1v) is 3.33. The zero-order valence-corrected chi connectivity index (χ0v) is 6.72. The zero-order valence-electron chi connectivity index (χ0n) is 6.72. The highest BCUT2D eigenvalue weighted by molar-refractivity contribution is 5.36. The van der Waals surface area contributed by atoms with Crippen LogP contribution < -0.4 is 0 Å². The zero-order chi connectivity index (χ0) is 7.98. The van der Waals surface area contributed by atoms with Gasteiger partial charge in [-0.3, -0.25) is 0 Å². The summed E-state index contributed by atoms with van der Waals surface area (Å²) in [5.41, 5.74) is 2.25. The molecule has 0 rings (SSSR count). The molecule has 0 N–H and O–H groups in total. The van der Waals surface area contributed by atoms with Crippen molar-refractivity contribution in [2.24, 2.45) is 0 Å². The molecule has 0 fully saturated rings. The predicted molar refractivity (Wildman–Crippen MR) is 47.9 cm³/mol. The molecule has 0 heteroatoms. The third-order valence-corrected chi connectivity index (χ3v) is 1.22. The number of hydrogen-bond donors (Lipinski definition) is 0. The molecule has 0 saturated heterocycles.